The van der Waals surface area contributed by atoms with Crippen molar-refractivity contribution in [1.29, 1.82) is 0 Å². The van der Waals surface area contributed by atoms with Crippen molar-refractivity contribution in [3.8, 4) is 0 Å². The van der Waals surface area contributed by atoms with Crippen molar-refractivity contribution in [2.75, 3.05) is 45.1 Å². The molecule has 0 radical (unpaired) electrons. The Morgan fingerprint density at radius 2 is 1.93 bits per heavy atom. The van der Waals surface area contributed by atoms with Gasteiger partial charge in [-0.05, 0) is 25.5 Å². The SMILES string of the molecule is CN=C(NCCC(=O)Nc1ccc(C)cn1)N1CCN(C(C)C(F)(F)F)CC1.I. The van der Waals surface area contributed by atoms with Crippen LogP contribution in [0.2, 0.25) is 0 Å². The summed E-state index contributed by atoms with van der Waals surface area (Å²) in [6, 6.07) is 2.15. The van der Waals surface area contributed by atoms with Crippen molar-refractivity contribution in [3.63, 3.8) is 0 Å². The number of nitrogens with one attached hydrogen (secondary N) is 2. The van der Waals surface area contributed by atoms with Gasteiger partial charge in [-0.3, -0.25) is 14.7 Å². The summed E-state index contributed by atoms with van der Waals surface area (Å²) >= 11 is 0. The molecule has 0 bridgehead atoms. The normalized spacial score (nSPS) is 16.8. The molecule has 1 aliphatic rings. The molecule has 1 atom stereocenters. The fraction of sp³-hybridized carbons (Fsp3) is 0.611. The predicted octanol–water partition coefficient (Wildman–Crippen LogP) is 2.48. The third-order valence-corrected chi connectivity index (χ3v) is 4.66. The van der Waals surface area contributed by atoms with E-state index in [0.29, 0.717) is 44.5 Å². The molecule has 1 fully saturated rings. The highest BCUT2D eigenvalue weighted by Crippen LogP contribution is 2.25. The number of amides is 1. The average molecular weight is 528 g/mol. The standard InChI is InChI=1S/C18H27F3N6O.HI/c1-13-4-5-15(24-12-13)25-16(28)6-7-23-17(22-3)27-10-8-26(9-11-27)14(2)18(19,20)21;/h4-5,12,14H,6-11H2,1-3H3,(H,22,23)(H,24,25,28);1H. The lowest BCUT2D eigenvalue weighted by atomic mass is 10.2. The van der Waals surface area contributed by atoms with Gasteiger partial charge in [-0.25, -0.2) is 4.98 Å². The molecule has 1 aliphatic heterocycles. The summed E-state index contributed by atoms with van der Waals surface area (Å²) in [6.45, 7) is 4.96. The number of pyridine rings is 1. The molecule has 1 amide bonds. The van der Waals surface area contributed by atoms with Crippen LogP contribution in [0.5, 0.6) is 0 Å². The second-order valence-corrected chi connectivity index (χ2v) is 6.73. The molecule has 2 N–H and O–H groups in total. The molecular weight excluding hydrogens is 500 g/mol. The molecule has 11 heteroatoms. The van der Waals surface area contributed by atoms with Gasteiger partial charge in [0.15, 0.2) is 5.96 Å². The molecule has 1 aromatic rings. The lowest BCUT2D eigenvalue weighted by Gasteiger charge is -2.39. The van der Waals surface area contributed by atoms with Crippen LogP contribution in [0.15, 0.2) is 23.3 Å². The average Bonchev–Trinajstić information content (AvgIpc) is 2.66. The molecule has 7 nitrogen and oxygen atoms in total. The summed E-state index contributed by atoms with van der Waals surface area (Å²) in [5.41, 5.74) is 1.01. The highest BCUT2D eigenvalue weighted by Gasteiger charge is 2.41. The number of aryl methyl sites for hydroxylation is 1. The number of aromatic nitrogens is 1. The Balaban J connectivity index is 0.00000420. The lowest BCUT2D eigenvalue weighted by molar-refractivity contribution is -0.181. The highest BCUT2D eigenvalue weighted by atomic mass is 127. The van der Waals surface area contributed by atoms with E-state index in [1.165, 1.54) is 11.8 Å². The Labute approximate surface area is 186 Å². The smallest absolute Gasteiger partial charge is 0.356 e. The lowest BCUT2D eigenvalue weighted by Crippen LogP contribution is -2.56. The van der Waals surface area contributed by atoms with E-state index in [4.69, 9.17) is 0 Å². The van der Waals surface area contributed by atoms with Crippen LogP contribution in [0.25, 0.3) is 0 Å². The molecule has 1 aromatic heterocycles. The number of anilines is 1. The number of alkyl halides is 3. The van der Waals surface area contributed by atoms with Gasteiger partial charge < -0.3 is 15.5 Å². The van der Waals surface area contributed by atoms with Crippen LogP contribution in [0.1, 0.15) is 18.9 Å². The number of nitrogens with zero attached hydrogens (tertiary/aromatic N) is 4. The van der Waals surface area contributed by atoms with E-state index in [1.807, 2.05) is 17.9 Å². The monoisotopic (exact) mass is 528 g/mol. The van der Waals surface area contributed by atoms with Crippen molar-refractivity contribution in [3.05, 3.63) is 23.9 Å². The van der Waals surface area contributed by atoms with Gasteiger partial charge in [0, 0.05) is 52.4 Å². The molecule has 2 rings (SSSR count). The predicted molar refractivity (Wildman–Crippen MR) is 118 cm³/mol. The van der Waals surface area contributed by atoms with Crippen LogP contribution >= 0.6 is 24.0 Å². The van der Waals surface area contributed by atoms with Crippen LogP contribution in [0.4, 0.5) is 19.0 Å². The first-order valence-electron chi connectivity index (χ1n) is 9.19. The molecule has 1 saturated heterocycles. The van der Waals surface area contributed by atoms with Crippen molar-refractivity contribution >= 4 is 41.7 Å². The van der Waals surface area contributed by atoms with Crippen molar-refractivity contribution in [2.24, 2.45) is 4.99 Å². The van der Waals surface area contributed by atoms with Crippen LogP contribution in [0.3, 0.4) is 0 Å². The maximum Gasteiger partial charge on any atom is 0.403 e. The quantitative estimate of drug-likeness (QED) is 0.349. The van der Waals surface area contributed by atoms with Gasteiger partial charge in [0.05, 0.1) is 0 Å². The summed E-state index contributed by atoms with van der Waals surface area (Å²) in [5, 5.41) is 5.81. The second-order valence-electron chi connectivity index (χ2n) is 6.73. The number of guanidine groups is 1. The Morgan fingerprint density at radius 1 is 1.28 bits per heavy atom. The molecule has 0 aliphatic carbocycles. The van der Waals surface area contributed by atoms with Crippen molar-refractivity contribution in [1.82, 2.24) is 20.1 Å². The fourth-order valence-corrected chi connectivity index (χ4v) is 2.90. The summed E-state index contributed by atoms with van der Waals surface area (Å²) < 4.78 is 38.5. The molecule has 0 saturated carbocycles. The summed E-state index contributed by atoms with van der Waals surface area (Å²) in [4.78, 5) is 23.6. The van der Waals surface area contributed by atoms with E-state index >= 15 is 0 Å². The number of aliphatic imine (C=N–C) groups is 1. The van der Waals surface area contributed by atoms with Gasteiger partial charge in [0.1, 0.15) is 11.9 Å². The first-order valence-corrected chi connectivity index (χ1v) is 9.19. The molecule has 2 heterocycles. The first-order chi connectivity index (χ1) is 13.2. The van der Waals surface area contributed by atoms with Crippen molar-refractivity contribution in [2.45, 2.75) is 32.5 Å². The number of hydrogen-bond acceptors (Lipinski definition) is 4. The number of carbonyl (C=O) groups is 1. The minimum absolute atomic E-state index is 0. The highest BCUT2D eigenvalue weighted by molar-refractivity contribution is 14.0. The minimum atomic E-state index is -4.22. The Hall–Kier alpha value is -1.63. The largest absolute Gasteiger partial charge is 0.403 e. The van der Waals surface area contributed by atoms with E-state index in [-0.39, 0.29) is 36.3 Å². The van der Waals surface area contributed by atoms with E-state index in [0.717, 1.165) is 5.56 Å². The van der Waals surface area contributed by atoms with Crippen LogP contribution in [0, 0.1) is 6.92 Å². The van der Waals surface area contributed by atoms with Crippen molar-refractivity contribution < 1.29 is 18.0 Å². The van der Waals surface area contributed by atoms with Crippen LogP contribution in [-0.4, -0.2) is 78.6 Å². The van der Waals surface area contributed by atoms with Gasteiger partial charge in [-0.1, -0.05) is 6.07 Å². The topological polar surface area (TPSA) is 72.9 Å². The number of carbonyl (C=O) groups excluding carboxylic acids is 1. The molecular formula is C18H28F3IN6O. The second kappa shape index (κ2) is 11.5. The molecule has 0 spiro atoms. The minimum Gasteiger partial charge on any atom is -0.356 e. The number of halogens is 4. The van der Waals surface area contributed by atoms with Gasteiger partial charge in [-0.2, -0.15) is 13.2 Å². The number of hydrogen-bond donors (Lipinski definition) is 2. The van der Waals surface area contributed by atoms with Gasteiger partial charge >= 0.3 is 6.18 Å². The number of rotatable bonds is 5. The fourth-order valence-electron chi connectivity index (χ4n) is 2.90. The van der Waals surface area contributed by atoms with E-state index < -0.39 is 12.2 Å². The van der Waals surface area contributed by atoms with Crippen LogP contribution in [-0.2, 0) is 4.79 Å². The van der Waals surface area contributed by atoms with E-state index in [9.17, 15) is 18.0 Å². The zero-order chi connectivity index (χ0) is 20.7. The summed E-state index contributed by atoms with van der Waals surface area (Å²) in [6.07, 6.45) is -2.32. The van der Waals surface area contributed by atoms with E-state index in [1.54, 1.807) is 19.3 Å². The first kappa shape index (κ1) is 25.4. The Kier molecular flexibility index (Phi) is 10.1. The third kappa shape index (κ3) is 7.96. The Morgan fingerprint density at radius 3 is 2.45 bits per heavy atom. The zero-order valence-corrected chi connectivity index (χ0v) is 19.1. The maximum absolute atomic E-state index is 12.8. The van der Waals surface area contributed by atoms with Gasteiger partial charge in [-0.15, -0.1) is 24.0 Å². The van der Waals surface area contributed by atoms with E-state index in [2.05, 4.69) is 20.6 Å². The molecule has 0 aromatic carbocycles. The summed E-state index contributed by atoms with van der Waals surface area (Å²) in [5.74, 6) is 0.901. The number of piperazine rings is 1. The molecule has 1 unspecified atom stereocenters. The zero-order valence-electron chi connectivity index (χ0n) is 16.8. The van der Waals surface area contributed by atoms with Gasteiger partial charge in [0.2, 0.25) is 5.91 Å². The third-order valence-electron chi connectivity index (χ3n) is 4.66. The molecule has 164 valence electrons. The van der Waals surface area contributed by atoms with Crippen LogP contribution < -0.4 is 10.6 Å². The summed E-state index contributed by atoms with van der Waals surface area (Å²) in [7, 11) is 1.61. The Bertz CT molecular complexity index is 675. The maximum atomic E-state index is 12.8. The van der Waals surface area contributed by atoms with Gasteiger partial charge in [0.25, 0.3) is 0 Å². The molecule has 29 heavy (non-hydrogen) atoms.